The Bertz CT molecular complexity index is 1580. The van der Waals surface area contributed by atoms with Crippen molar-refractivity contribution in [2.75, 3.05) is 31.6 Å². The first-order chi connectivity index (χ1) is 22.8. The summed E-state index contributed by atoms with van der Waals surface area (Å²) in [6, 6.07) is 3.59. The van der Waals surface area contributed by atoms with Crippen molar-refractivity contribution in [2.24, 2.45) is 0 Å². The smallest absolute Gasteiger partial charge is 0.432 e. The summed E-state index contributed by atoms with van der Waals surface area (Å²) in [4.78, 5) is 40.3. The molecule has 2 unspecified atom stereocenters. The van der Waals surface area contributed by atoms with Crippen LogP contribution in [0, 0.1) is 0 Å². The van der Waals surface area contributed by atoms with Crippen LogP contribution in [0.15, 0.2) is 37.2 Å². The minimum atomic E-state index is -4.17. The maximum Gasteiger partial charge on any atom is 0.510 e. The number of imidazole rings is 1. The van der Waals surface area contributed by atoms with Gasteiger partial charge in [0, 0.05) is 18.8 Å². The van der Waals surface area contributed by atoms with Crippen molar-refractivity contribution >= 4 is 44.6 Å². The fourth-order valence-electron chi connectivity index (χ4n) is 4.03. The molecule has 1 N–H and O–H groups in total. The molecule has 264 valence electrons. The van der Waals surface area contributed by atoms with Gasteiger partial charge in [0.1, 0.15) is 12.7 Å². The number of rotatable bonds is 16. The van der Waals surface area contributed by atoms with Gasteiger partial charge in [-0.05, 0) is 46.2 Å². The number of nitrogens with one attached hydrogen (secondary N) is 1. The van der Waals surface area contributed by atoms with Crippen LogP contribution in [-0.2, 0) is 57.5 Å². The number of anilines is 1. The molecular weight excluding hydrogens is 678 g/mol. The van der Waals surface area contributed by atoms with E-state index in [1.165, 1.54) is 12.7 Å². The number of aromatic nitrogens is 5. The molecule has 0 aliphatic carbocycles. The van der Waals surface area contributed by atoms with E-state index in [2.05, 4.69) is 25.0 Å². The van der Waals surface area contributed by atoms with Crippen molar-refractivity contribution in [1.29, 1.82) is 0 Å². The molecule has 0 aromatic carbocycles. The van der Waals surface area contributed by atoms with Gasteiger partial charge in [0.15, 0.2) is 17.0 Å². The molecule has 1 saturated heterocycles. The van der Waals surface area contributed by atoms with Crippen LogP contribution in [-0.4, -0.2) is 81.7 Å². The Balaban J connectivity index is 1.38. The van der Waals surface area contributed by atoms with E-state index < -0.39 is 72.0 Å². The highest BCUT2D eigenvalue weighted by atomic mass is 31.2. The van der Waals surface area contributed by atoms with Gasteiger partial charge in [0.25, 0.3) is 0 Å². The molecule has 0 amide bonds. The fourth-order valence-corrected chi connectivity index (χ4v) is 6.63. The number of hydrogen-bond donors (Lipinski definition) is 1. The molecule has 4 heterocycles. The summed E-state index contributed by atoms with van der Waals surface area (Å²) in [5.41, 5.74) is 1.40. The van der Waals surface area contributed by atoms with Gasteiger partial charge in [-0.15, -0.1) is 0 Å². The van der Waals surface area contributed by atoms with Crippen molar-refractivity contribution in [3.8, 4) is 0 Å². The Morgan fingerprint density at radius 2 is 1.75 bits per heavy atom. The summed E-state index contributed by atoms with van der Waals surface area (Å²) in [6.07, 6.45) is 1.71. The first-order valence-electron chi connectivity index (χ1n) is 14.8. The van der Waals surface area contributed by atoms with Crippen LogP contribution in [0.1, 0.15) is 52.7 Å². The predicted molar refractivity (Wildman–Crippen MR) is 166 cm³/mol. The van der Waals surface area contributed by atoms with Crippen LogP contribution in [0.4, 0.5) is 15.4 Å². The summed E-state index contributed by atoms with van der Waals surface area (Å²) < 4.78 is 75.2. The molecule has 1 aliphatic heterocycles. The fraction of sp³-hybridized carbons (Fsp3) is 0.556. The first-order valence-corrected chi connectivity index (χ1v) is 18.1. The van der Waals surface area contributed by atoms with Crippen molar-refractivity contribution in [3.05, 3.63) is 42.7 Å². The van der Waals surface area contributed by atoms with Crippen molar-refractivity contribution in [3.63, 3.8) is 0 Å². The molecule has 0 bridgehead atoms. The van der Waals surface area contributed by atoms with Crippen LogP contribution in [0.25, 0.3) is 11.2 Å². The Labute approximate surface area is 276 Å². The molecule has 0 radical (unpaired) electrons. The van der Waals surface area contributed by atoms with E-state index in [-0.39, 0.29) is 24.5 Å². The van der Waals surface area contributed by atoms with Gasteiger partial charge in [-0.3, -0.25) is 32.7 Å². The molecule has 0 spiro atoms. The zero-order valence-electron chi connectivity index (χ0n) is 27.0. The lowest BCUT2D eigenvalue weighted by Crippen LogP contribution is -2.20. The third-order valence-corrected chi connectivity index (χ3v) is 9.10. The number of pyridine rings is 1. The summed E-state index contributed by atoms with van der Waals surface area (Å²) in [5.74, 6) is 0.126. The number of carbonyl (C=O) groups is 2. The molecule has 21 heteroatoms. The Kier molecular flexibility index (Phi) is 13.2. The van der Waals surface area contributed by atoms with Gasteiger partial charge in [-0.1, -0.05) is 6.07 Å². The second kappa shape index (κ2) is 17.1. The van der Waals surface area contributed by atoms with Gasteiger partial charge >= 0.3 is 27.7 Å². The molecule has 19 nitrogen and oxygen atoms in total. The minimum Gasteiger partial charge on any atom is -0.432 e. The molecule has 3 aromatic heterocycles. The summed E-state index contributed by atoms with van der Waals surface area (Å²) >= 11 is 0. The van der Waals surface area contributed by atoms with Gasteiger partial charge < -0.3 is 28.3 Å². The summed E-state index contributed by atoms with van der Waals surface area (Å²) in [6.45, 7) is 6.88. The molecule has 4 rings (SSSR count). The van der Waals surface area contributed by atoms with Crippen LogP contribution in [0.5, 0.6) is 0 Å². The average molecular weight is 717 g/mol. The number of hydrogen-bond acceptors (Lipinski definition) is 17. The van der Waals surface area contributed by atoms with Gasteiger partial charge in [-0.25, -0.2) is 29.1 Å². The van der Waals surface area contributed by atoms with Crippen molar-refractivity contribution in [1.82, 2.24) is 24.5 Å². The standard InChI is InChI=1S/C27H38N6O13P2/c1-18(2)44-26(34)38-15-42-47(36,43-16-39-27(35)45-19(3)4)17-40-20(5)12-33-14-31-23-24(29-13-30-25(23)33)32-48(37)41-10-8-22(46-48)21-7-6-9-28-11-21/h6-7,9,11,13-14,18-20,22H,8,10,12,15-17H2,1-5H3,(H,29,30,32,37)/t20-,22?,48?/m1/s1. The monoisotopic (exact) mass is 716 g/mol. The lowest BCUT2D eigenvalue weighted by Gasteiger charge is -2.29. The quantitative estimate of drug-likeness (QED) is 0.109. The van der Waals surface area contributed by atoms with E-state index in [0.717, 1.165) is 5.56 Å². The van der Waals surface area contributed by atoms with Crippen LogP contribution < -0.4 is 5.09 Å². The molecule has 48 heavy (non-hydrogen) atoms. The third-order valence-electron chi connectivity index (χ3n) is 6.09. The topological polar surface area (TPSA) is 220 Å². The van der Waals surface area contributed by atoms with Gasteiger partial charge in [0.05, 0.1) is 43.9 Å². The van der Waals surface area contributed by atoms with E-state index in [4.69, 9.17) is 41.8 Å². The van der Waals surface area contributed by atoms with E-state index in [1.807, 2.05) is 6.07 Å². The number of ether oxygens (including phenoxy) is 5. The summed E-state index contributed by atoms with van der Waals surface area (Å²) in [7, 11) is -8.00. The lowest BCUT2D eigenvalue weighted by atomic mass is 10.1. The normalized spacial score (nSPS) is 18.9. The van der Waals surface area contributed by atoms with Crippen molar-refractivity contribution < 1.29 is 60.5 Å². The highest BCUT2D eigenvalue weighted by molar-refractivity contribution is 7.55. The molecule has 0 saturated carbocycles. The maximum absolute atomic E-state index is 13.5. The zero-order chi connectivity index (χ0) is 34.7. The maximum atomic E-state index is 13.5. The first kappa shape index (κ1) is 37.1. The molecule has 1 fully saturated rings. The molecule has 1 aliphatic rings. The average Bonchev–Trinajstić information content (AvgIpc) is 3.43. The Morgan fingerprint density at radius 3 is 2.38 bits per heavy atom. The molecule has 3 atom stereocenters. The number of fused-ring (bicyclic) bond motifs is 1. The van der Waals surface area contributed by atoms with Crippen LogP contribution in [0.2, 0.25) is 0 Å². The van der Waals surface area contributed by atoms with Crippen LogP contribution >= 0.6 is 15.3 Å². The largest absolute Gasteiger partial charge is 0.510 e. The zero-order valence-corrected chi connectivity index (χ0v) is 28.7. The highest BCUT2D eigenvalue weighted by Gasteiger charge is 2.36. The number of nitrogens with zero attached hydrogens (tertiary/aromatic N) is 5. The Hall–Kier alpha value is -3.70. The summed E-state index contributed by atoms with van der Waals surface area (Å²) in [5, 5.41) is 2.76. The van der Waals surface area contributed by atoms with Gasteiger partial charge in [0.2, 0.25) is 13.6 Å². The lowest BCUT2D eigenvalue weighted by molar-refractivity contribution is -0.0369. The third kappa shape index (κ3) is 11.2. The van der Waals surface area contributed by atoms with E-state index in [0.29, 0.717) is 12.1 Å². The van der Waals surface area contributed by atoms with E-state index in [1.54, 1.807) is 57.6 Å². The minimum absolute atomic E-state index is 0.126. The molecular formula is C27H38N6O13P2. The highest BCUT2D eigenvalue weighted by Crippen LogP contribution is 2.55. The Morgan fingerprint density at radius 1 is 1.06 bits per heavy atom. The van der Waals surface area contributed by atoms with E-state index in [9.17, 15) is 18.7 Å². The second-order valence-electron chi connectivity index (χ2n) is 10.7. The van der Waals surface area contributed by atoms with E-state index >= 15 is 0 Å². The van der Waals surface area contributed by atoms with Gasteiger partial charge in [-0.2, -0.15) is 0 Å². The van der Waals surface area contributed by atoms with Crippen LogP contribution in [0.3, 0.4) is 0 Å². The SMILES string of the molecule is CC(C)OC(=O)OCOP(=O)(CO[C@H](C)Cn1cnc2c(NP3(=O)OCCC(c4cccnc4)O3)ncnc21)OCOC(=O)OC(C)C. The van der Waals surface area contributed by atoms with Crippen molar-refractivity contribution in [2.45, 2.75) is 72.0 Å². The molecule has 3 aromatic rings. The predicted octanol–water partition coefficient (Wildman–Crippen LogP) is 5.55. The second-order valence-corrected chi connectivity index (χ2v) is 14.4. The number of carbonyl (C=O) groups excluding carboxylic acids is 2.